The molecule has 1 unspecified atom stereocenters. The zero-order chi connectivity index (χ0) is 13.8. The summed E-state index contributed by atoms with van der Waals surface area (Å²) < 4.78 is 9.74. The van der Waals surface area contributed by atoms with Gasteiger partial charge in [-0.2, -0.15) is 0 Å². The van der Waals surface area contributed by atoms with Crippen molar-refractivity contribution in [2.45, 2.75) is 31.8 Å². The molecule has 0 saturated heterocycles. The minimum absolute atomic E-state index is 0.00728. The molecular formula is C11H20O7. The van der Waals surface area contributed by atoms with Gasteiger partial charge in [0.15, 0.2) is 0 Å². The predicted octanol–water partition coefficient (Wildman–Crippen LogP) is -0.456. The van der Waals surface area contributed by atoms with Crippen LogP contribution in [0.2, 0.25) is 0 Å². The average Bonchev–Trinajstić information content (AvgIpc) is 2.33. The Morgan fingerprint density at radius 1 is 1.11 bits per heavy atom. The lowest BCUT2D eigenvalue weighted by atomic mass is 10.2. The summed E-state index contributed by atoms with van der Waals surface area (Å²) >= 11 is 0. The van der Waals surface area contributed by atoms with E-state index in [4.69, 9.17) is 24.8 Å². The van der Waals surface area contributed by atoms with Crippen molar-refractivity contribution in [2.24, 2.45) is 0 Å². The van der Waals surface area contributed by atoms with Gasteiger partial charge in [0.1, 0.15) is 12.7 Å². The van der Waals surface area contributed by atoms with Gasteiger partial charge in [0.25, 0.3) is 0 Å². The molecule has 18 heavy (non-hydrogen) atoms. The Kier molecular flexibility index (Phi) is 10.2. The molecule has 0 rings (SSSR count). The Hall–Kier alpha value is -1.18. The van der Waals surface area contributed by atoms with Crippen LogP contribution < -0.4 is 0 Å². The largest absolute Gasteiger partial charge is 0.481 e. The summed E-state index contributed by atoms with van der Waals surface area (Å²) in [5.41, 5.74) is 0. The zero-order valence-electron chi connectivity index (χ0n) is 10.2. The van der Waals surface area contributed by atoms with E-state index in [2.05, 4.69) is 0 Å². The average molecular weight is 264 g/mol. The molecule has 0 aromatic rings. The van der Waals surface area contributed by atoms with Gasteiger partial charge in [-0.05, 0) is 12.8 Å². The first-order valence-corrected chi connectivity index (χ1v) is 5.80. The molecular weight excluding hydrogens is 244 g/mol. The number of unbranched alkanes of at least 4 members (excludes halogenated alkanes) is 1. The van der Waals surface area contributed by atoms with Gasteiger partial charge in [-0.3, -0.25) is 9.59 Å². The number of aliphatic hydroxyl groups excluding tert-OH is 2. The quantitative estimate of drug-likeness (QED) is 0.342. The lowest BCUT2D eigenvalue weighted by Gasteiger charge is -2.08. The second-order valence-electron chi connectivity index (χ2n) is 3.73. The number of hydrogen-bond acceptors (Lipinski definition) is 6. The molecule has 0 fully saturated rings. The molecule has 1 atom stereocenters. The van der Waals surface area contributed by atoms with E-state index in [9.17, 15) is 9.59 Å². The molecule has 7 nitrogen and oxygen atoms in total. The summed E-state index contributed by atoms with van der Waals surface area (Å²) in [5.74, 6) is -1.27. The first-order valence-electron chi connectivity index (χ1n) is 5.80. The standard InChI is InChI=1S/C11H20O7/c12-7-9(13)8-17-5-6-18-11(16)4-2-1-3-10(14)15/h9,12-13H,1-8H2,(H,14,15). The van der Waals surface area contributed by atoms with Crippen molar-refractivity contribution >= 4 is 11.9 Å². The van der Waals surface area contributed by atoms with Crippen LogP contribution in [0.5, 0.6) is 0 Å². The molecule has 0 bridgehead atoms. The second-order valence-corrected chi connectivity index (χ2v) is 3.73. The van der Waals surface area contributed by atoms with Crippen molar-refractivity contribution in [1.29, 1.82) is 0 Å². The number of hydrogen-bond donors (Lipinski definition) is 3. The minimum atomic E-state index is -0.920. The molecule has 106 valence electrons. The van der Waals surface area contributed by atoms with Crippen LogP contribution in [0.4, 0.5) is 0 Å². The number of aliphatic hydroxyl groups is 2. The topological polar surface area (TPSA) is 113 Å². The molecule has 0 radical (unpaired) electrons. The lowest BCUT2D eigenvalue weighted by molar-refractivity contribution is -0.146. The van der Waals surface area contributed by atoms with Gasteiger partial charge in [-0.15, -0.1) is 0 Å². The molecule has 0 spiro atoms. The number of rotatable bonds is 11. The van der Waals surface area contributed by atoms with E-state index in [0.29, 0.717) is 12.8 Å². The van der Waals surface area contributed by atoms with Crippen LogP contribution >= 0.6 is 0 Å². The maximum Gasteiger partial charge on any atom is 0.305 e. The molecule has 0 aromatic carbocycles. The predicted molar refractivity (Wildman–Crippen MR) is 61.0 cm³/mol. The zero-order valence-corrected chi connectivity index (χ0v) is 10.2. The van der Waals surface area contributed by atoms with Crippen LogP contribution in [0.1, 0.15) is 25.7 Å². The maximum atomic E-state index is 11.1. The molecule has 0 aliphatic rings. The van der Waals surface area contributed by atoms with Crippen molar-refractivity contribution in [3.63, 3.8) is 0 Å². The van der Waals surface area contributed by atoms with E-state index in [1.807, 2.05) is 0 Å². The van der Waals surface area contributed by atoms with Gasteiger partial charge in [-0.1, -0.05) is 0 Å². The highest BCUT2D eigenvalue weighted by Gasteiger charge is 2.05. The highest BCUT2D eigenvalue weighted by molar-refractivity contribution is 5.69. The van der Waals surface area contributed by atoms with Crippen LogP contribution in [0.3, 0.4) is 0 Å². The third-order valence-electron chi connectivity index (χ3n) is 2.03. The summed E-state index contributed by atoms with van der Waals surface area (Å²) in [4.78, 5) is 21.3. The molecule has 7 heteroatoms. The SMILES string of the molecule is O=C(O)CCCCC(=O)OCCOCC(O)CO. The van der Waals surface area contributed by atoms with Gasteiger partial charge < -0.3 is 24.8 Å². The monoisotopic (exact) mass is 264 g/mol. The number of aliphatic carboxylic acids is 1. The lowest BCUT2D eigenvalue weighted by Crippen LogP contribution is -2.21. The van der Waals surface area contributed by atoms with Gasteiger partial charge >= 0.3 is 11.9 Å². The smallest absolute Gasteiger partial charge is 0.305 e. The van der Waals surface area contributed by atoms with E-state index in [0.717, 1.165) is 0 Å². The van der Waals surface area contributed by atoms with Crippen molar-refractivity contribution in [1.82, 2.24) is 0 Å². The number of carboxylic acids is 1. The first-order chi connectivity index (χ1) is 8.56. The summed E-state index contributed by atoms with van der Waals surface area (Å²) in [6.45, 7) is -0.149. The molecule has 0 aliphatic heterocycles. The number of carbonyl (C=O) groups excluding carboxylic acids is 1. The highest BCUT2D eigenvalue weighted by atomic mass is 16.6. The first kappa shape index (κ1) is 16.8. The third kappa shape index (κ3) is 11.3. The van der Waals surface area contributed by atoms with Gasteiger partial charge in [-0.25, -0.2) is 0 Å². The summed E-state index contributed by atoms with van der Waals surface area (Å²) in [6.07, 6.45) is 0.248. The number of carboxylic acid groups (broad SMARTS) is 1. The van der Waals surface area contributed by atoms with E-state index in [1.165, 1.54) is 0 Å². The normalized spacial score (nSPS) is 12.1. The van der Waals surface area contributed by atoms with E-state index < -0.39 is 18.0 Å². The molecule has 0 amide bonds. The molecule has 0 heterocycles. The van der Waals surface area contributed by atoms with E-state index in [1.54, 1.807) is 0 Å². The van der Waals surface area contributed by atoms with Gasteiger partial charge in [0.2, 0.25) is 0 Å². The fourth-order valence-electron chi connectivity index (χ4n) is 1.10. The van der Waals surface area contributed by atoms with Crippen LogP contribution in [0.15, 0.2) is 0 Å². The Balaban J connectivity index is 3.29. The number of ether oxygens (including phenoxy) is 2. The van der Waals surface area contributed by atoms with Crippen molar-refractivity contribution in [3.05, 3.63) is 0 Å². The Bertz CT molecular complexity index is 242. The molecule has 0 aromatic heterocycles. The Labute approximate surface area is 105 Å². The van der Waals surface area contributed by atoms with Crippen LogP contribution in [0, 0.1) is 0 Å². The maximum absolute atomic E-state index is 11.1. The van der Waals surface area contributed by atoms with Crippen LogP contribution in [-0.4, -0.2) is 59.8 Å². The number of carbonyl (C=O) groups is 2. The van der Waals surface area contributed by atoms with Crippen molar-refractivity contribution < 1.29 is 34.4 Å². The molecule has 0 aliphatic carbocycles. The Morgan fingerprint density at radius 3 is 2.39 bits per heavy atom. The van der Waals surface area contributed by atoms with Gasteiger partial charge in [0, 0.05) is 12.8 Å². The third-order valence-corrected chi connectivity index (χ3v) is 2.03. The molecule has 3 N–H and O–H groups in total. The second kappa shape index (κ2) is 10.9. The van der Waals surface area contributed by atoms with Crippen LogP contribution in [-0.2, 0) is 19.1 Å². The summed E-state index contributed by atoms with van der Waals surface area (Å²) in [7, 11) is 0. The summed E-state index contributed by atoms with van der Waals surface area (Å²) in [6, 6.07) is 0. The summed E-state index contributed by atoms with van der Waals surface area (Å²) in [5, 5.41) is 25.8. The van der Waals surface area contributed by atoms with Gasteiger partial charge in [0.05, 0.1) is 19.8 Å². The highest BCUT2D eigenvalue weighted by Crippen LogP contribution is 2.01. The molecule has 0 saturated carbocycles. The fraction of sp³-hybridized carbons (Fsp3) is 0.818. The number of esters is 1. The van der Waals surface area contributed by atoms with E-state index >= 15 is 0 Å². The minimum Gasteiger partial charge on any atom is -0.481 e. The van der Waals surface area contributed by atoms with Crippen LogP contribution in [0.25, 0.3) is 0 Å². The Morgan fingerprint density at radius 2 is 1.78 bits per heavy atom. The fourth-order valence-corrected chi connectivity index (χ4v) is 1.10. The van der Waals surface area contributed by atoms with E-state index in [-0.39, 0.29) is 39.3 Å². The van der Waals surface area contributed by atoms with Crippen molar-refractivity contribution in [2.75, 3.05) is 26.4 Å². The van der Waals surface area contributed by atoms with Crippen molar-refractivity contribution in [3.8, 4) is 0 Å².